The van der Waals surface area contributed by atoms with Gasteiger partial charge in [-0.1, -0.05) is 12.1 Å². The molecule has 0 spiro atoms. The Hall–Kier alpha value is -4.40. The first kappa shape index (κ1) is 19.6. The second-order valence-corrected chi connectivity index (χ2v) is 7.37. The molecule has 0 unspecified atom stereocenters. The van der Waals surface area contributed by atoms with E-state index in [0.29, 0.717) is 28.9 Å². The van der Waals surface area contributed by atoms with E-state index in [1.807, 2.05) is 42.7 Å². The number of aromatic nitrogens is 6. The molecule has 5 rings (SSSR count). The Bertz CT molecular complexity index is 1530. The van der Waals surface area contributed by atoms with Crippen LogP contribution in [0.5, 0.6) is 0 Å². The molecular weight excluding hydrogens is 406 g/mol. The smallest absolute Gasteiger partial charge is 0.261 e. The van der Waals surface area contributed by atoms with Crippen molar-refractivity contribution in [1.82, 2.24) is 29.4 Å². The maximum atomic E-state index is 12.9. The van der Waals surface area contributed by atoms with Gasteiger partial charge in [0, 0.05) is 29.7 Å². The number of nitrogens with zero attached hydrogens (tertiary/aromatic N) is 6. The van der Waals surface area contributed by atoms with Gasteiger partial charge in [0.25, 0.3) is 5.91 Å². The van der Waals surface area contributed by atoms with Crippen LogP contribution in [0.25, 0.3) is 27.9 Å². The number of hydrogen-bond acceptors (Lipinski definition) is 6. The van der Waals surface area contributed by atoms with Crippen molar-refractivity contribution in [1.29, 1.82) is 0 Å². The number of hydrogen-bond donors (Lipinski definition) is 1. The van der Waals surface area contributed by atoms with Gasteiger partial charge in [-0.05, 0) is 50.2 Å². The zero-order chi connectivity index (χ0) is 22.2. The van der Waals surface area contributed by atoms with Gasteiger partial charge >= 0.3 is 0 Å². The summed E-state index contributed by atoms with van der Waals surface area (Å²) >= 11 is 0. The Morgan fingerprint density at radius 2 is 1.88 bits per heavy atom. The van der Waals surface area contributed by atoms with Crippen LogP contribution < -0.4 is 10.7 Å². The average Bonchev–Trinajstić information content (AvgIpc) is 3.27. The van der Waals surface area contributed by atoms with Gasteiger partial charge in [-0.2, -0.15) is 9.61 Å². The number of carbonyl (C=O) groups is 1. The predicted molar refractivity (Wildman–Crippen MR) is 121 cm³/mol. The van der Waals surface area contributed by atoms with Crippen molar-refractivity contribution in [2.45, 2.75) is 20.4 Å². The van der Waals surface area contributed by atoms with Gasteiger partial charge in [-0.15, -0.1) is 10.2 Å². The largest absolute Gasteiger partial charge is 0.332 e. The number of amides is 1. The third kappa shape index (κ3) is 3.39. The van der Waals surface area contributed by atoms with Crippen molar-refractivity contribution in [2.24, 2.45) is 0 Å². The first-order valence-corrected chi connectivity index (χ1v) is 10.1. The van der Waals surface area contributed by atoms with Crippen LogP contribution >= 0.6 is 0 Å². The van der Waals surface area contributed by atoms with Crippen molar-refractivity contribution in [3.63, 3.8) is 0 Å². The molecule has 0 aliphatic rings. The number of aryl methyl sites for hydroxylation is 2. The molecule has 9 nitrogen and oxygen atoms in total. The molecule has 0 saturated carbocycles. The summed E-state index contributed by atoms with van der Waals surface area (Å²) in [5.41, 5.74) is 4.00. The molecule has 9 heteroatoms. The first-order chi connectivity index (χ1) is 15.5. The Balaban J connectivity index is 1.43. The van der Waals surface area contributed by atoms with Crippen LogP contribution in [0, 0.1) is 6.92 Å². The summed E-state index contributed by atoms with van der Waals surface area (Å²) in [5.74, 6) is -0.462. The molecule has 0 aliphatic carbocycles. The topological polar surface area (TPSA) is 107 Å². The first-order valence-electron chi connectivity index (χ1n) is 10.1. The minimum absolute atomic E-state index is 0.0776. The Labute approximate surface area is 182 Å². The van der Waals surface area contributed by atoms with Crippen molar-refractivity contribution in [3.05, 3.63) is 82.5 Å². The van der Waals surface area contributed by atoms with Crippen LogP contribution in [0.1, 0.15) is 23.0 Å². The summed E-state index contributed by atoms with van der Waals surface area (Å²) < 4.78 is 3.41. The van der Waals surface area contributed by atoms with Gasteiger partial charge in [-0.25, -0.2) is 4.98 Å². The normalized spacial score (nSPS) is 11.2. The lowest BCUT2D eigenvalue weighted by molar-refractivity contribution is 0.102. The van der Waals surface area contributed by atoms with Crippen LogP contribution in [0.3, 0.4) is 0 Å². The Morgan fingerprint density at radius 3 is 2.66 bits per heavy atom. The molecule has 0 fully saturated rings. The second-order valence-electron chi connectivity index (χ2n) is 7.37. The quantitative estimate of drug-likeness (QED) is 0.474. The fourth-order valence-electron chi connectivity index (χ4n) is 3.57. The van der Waals surface area contributed by atoms with Crippen molar-refractivity contribution >= 4 is 28.3 Å². The van der Waals surface area contributed by atoms with Crippen LogP contribution in [-0.2, 0) is 6.54 Å². The molecule has 4 aromatic heterocycles. The molecule has 0 atom stereocenters. The number of fused-ring (bicyclic) bond motifs is 2. The molecule has 1 amide bonds. The fraction of sp³-hybridized carbons (Fsp3) is 0.130. The van der Waals surface area contributed by atoms with Gasteiger partial charge in [-0.3, -0.25) is 9.59 Å². The standard InChI is InChI=1S/C23H19N7O2/c1-3-29-12-18(21(31)17-9-4-14(2)25-22(17)29)23(32)26-16-7-5-15(6-8-16)19-10-11-20-27-24-13-30(20)28-19/h4-13H,3H2,1-2H3,(H,26,32). The number of anilines is 1. The van der Waals surface area contributed by atoms with Gasteiger partial charge < -0.3 is 9.88 Å². The highest BCUT2D eigenvalue weighted by Crippen LogP contribution is 2.20. The van der Waals surface area contributed by atoms with Crippen molar-refractivity contribution < 1.29 is 4.79 Å². The van der Waals surface area contributed by atoms with Crippen LogP contribution in [0.15, 0.2) is 65.8 Å². The van der Waals surface area contributed by atoms with Crippen LogP contribution in [0.4, 0.5) is 5.69 Å². The van der Waals surface area contributed by atoms with Crippen molar-refractivity contribution in [2.75, 3.05) is 5.32 Å². The molecule has 0 aliphatic heterocycles. The maximum Gasteiger partial charge on any atom is 0.261 e. The molecule has 0 radical (unpaired) electrons. The van der Waals surface area contributed by atoms with E-state index < -0.39 is 5.91 Å². The van der Waals surface area contributed by atoms with Gasteiger partial charge in [0.1, 0.15) is 17.5 Å². The summed E-state index contributed by atoms with van der Waals surface area (Å²) in [7, 11) is 0. The van der Waals surface area contributed by atoms with E-state index in [1.54, 1.807) is 35.0 Å². The molecule has 0 saturated heterocycles. The van der Waals surface area contributed by atoms with Gasteiger partial charge in [0.15, 0.2) is 5.65 Å². The Morgan fingerprint density at radius 1 is 1.06 bits per heavy atom. The highest BCUT2D eigenvalue weighted by Gasteiger charge is 2.16. The lowest BCUT2D eigenvalue weighted by Crippen LogP contribution is -2.24. The zero-order valence-corrected chi connectivity index (χ0v) is 17.5. The van der Waals surface area contributed by atoms with E-state index in [-0.39, 0.29) is 11.0 Å². The van der Waals surface area contributed by atoms with E-state index >= 15 is 0 Å². The minimum Gasteiger partial charge on any atom is -0.332 e. The summed E-state index contributed by atoms with van der Waals surface area (Å²) in [6, 6.07) is 14.4. The minimum atomic E-state index is -0.462. The summed E-state index contributed by atoms with van der Waals surface area (Å²) in [6.45, 7) is 4.40. The van der Waals surface area contributed by atoms with Gasteiger partial charge in [0.05, 0.1) is 11.1 Å². The number of carbonyl (C=O) groups excluding carboxylic acids is 1. The molecule has 158 valence electrons. The Kier molecular flexibility index (Phi) is 4.70. The van der Waals surface area contributed by atoms with E-state index in [9.17, 15) is 9.59 Å². The molecule has 5 aromatic rings. The monoisotopic (exact) mass is 425 g/mol. The average molecular weight is 425 g/mol. The highest BCUT2D eigenvalue weighted by atomic mass is 16.2. The molecule has 0 bridgehead atoms. The molecule has 32 heavy (non-hydrogen) atoms. The third-order valence-electron chi connectivity index (χ3n) is 5.25. The summed E-state index contributed by atoms with van der Waals surface area (Å²) in [6.07, 6.45) is 3.11. The number of nitrogens with one attached hydrogen (secondary N) is 1. The van der Waals surface area contributed by atoms with E-state index in [1.165, 1.54) is 6.33 Å². The second kappa shape index (κ2) is 7.69. The molecule has 1 N–H and O–H groups in total. The van der Waals surface area contributed by atoms with E-state index in [4.69, 9.17) is 0 Å². The SMILES string of the molecule is CCn1cc(C(=O)Nc2ccc(-c3ccc4nncn4n3)cc2)c(=O)c2ccc(C)nc21. The molecule has 1 aromatic carbocycles. The lowest BCUT2D eigenvalue weighted by Gasteiger charge is -2.12. The summed E-state index contributed by atoms with van der Waals surface area (Å²) in [4.78, 5) is 30.3. The number of rotatable bonds is 4. The maximum absolute atomic E-state index is 12.9. The van der Waals surface area contributed by atoms with Crippen LogP contribution in [-0.4, -0.2) is 35.3 Å². The van der Waals surface area contributed by atoms with Crippen LogP contribution in [0.2, 0.25) is 0 Å². The van der Waals surface area contributed by atoms with Crippen molar-refractivity contribution in [3.8, 4) is 11.3 Å². The number of pyridine rings is 2. The molecule has 4 heterocycles. The highest BCUT2D eigenvalue weighted by molar-refractivity contribution is 6.05. The summed E-state index contributed by atoms with van der Waals surface area (Å²) in [5, 5.41) is 15.5. The number of benzene rings is 1. The predicted octanol–water partition coefficient (Wildman–Crippen LogP) is 3.08. The molecular formula is C23H19N7O2. The lowest BCUT2D eigenvalue weighted by atomic mass is 10.1. The van der Waals surface area contributed by atoms with Gasteiger partial charge in [0.2, 0.25) is 5.43 Å². The van der Waals surface area contributed by atoms with E-state index in [0.717, 1.165) is 17.0 Å². The zero-order valence-electron chi connectivity index (χ0n) is 17.5. The fourth-order valence-corrected chi connectivity index (χ4v) is 3.57. The van der Waals surface area contributed by atoms with E-state index in [2.05, 4.69) is 25.6 Å². The third-order valence-corrected chi connectivity index (χ3v) is 5.25.